The van der Waals surface area contributed by atoms with E-state index in [9.17, 15) is 4.79 Å². The van der Waals surface area contributed by atoms with E-state index in [-0.39, 0.29) is 5.89 Å². The van der Waals surface area contributed by atoms with Crippen LogP contribution in [0.25, 0.3) is 22.5 Å². The zero-order chi connectivity index (χ0) is 16.4. The zero-order valence-electron chi connectivity index (χ0n) is 11.8. The number of thiol groups is 1. The summed E-state index contributed by atoms with van der Waals surface area (Å²) < 4.78 is 5.47. The molecule has 1 heterocycles. The second-order valence-corrected chi connectivity index (χ2v) is 5.84. The molecule has 23 heavy (non-hydrogen) atoms. The number of hydrogen-bond acceptors (Lipinski definition) is 4. The molecular weight excluding hydrogens is 334 g/mol. The van der Waals surface area contributed by atoms with Gasteiger partial charge >= 0.3 is 5.97 Å². The van der Waals surface area contributed by atoms with Gasteiger partial charge in [-0.15, -0.1) is 0 Å². The molecule has 1 atom stereocenters. The summed E-state index contributed by atoms with van der Waals surface area (Å²) in [5, 5.41) is 8.53. The Bertz CT molecular complexity index is 828. The van der Waals surface area contributed by atoms with Crippen molar-refractivity contribution in [1.82, 2.24) is 4.98 Å². The molecule has 2 aromatic carbocycles. The smallest absolute Gasteiger partial charge is 0.325 e. The molecule has 0 radical (unpaired) electrons. The van der Waals surface area contributed by atoms with E-state index in [1.807, 2.05) is 48.5 Å². The van der Waals surface area contributed by atoms with Crippen molar-refractivity contribution in [3.63, 3.8) is 0 Å². The van der Waals surface area contributed by atoms with Crippen molar-refractivity contribution in [1.29, 1.82) is 0 Å². The number of carboxylic acids is 1. The highest BCUT2D eigenvalue weighted by atomic mass is 35.5. The molecule has 116 valence electrons. The van der Waals surface area contributed by atoms with Gasteiger partial charge in [0.05, 0.1) is 6.20 Å². The molecule has 4 nitrogen and oxygen atoms in total. The Morgan fingerprint density at radius 2 is 1.57 bits per heavy atom. The van der Waals surface area contributed by atoms with Crippen molar-refractivity contribution in [3.8, 4) is 22.5 Å². The molecule has 0 aliphatic heterocycles. The van der Waals surface area contributed by atoms with Crippen LogP contribution in [0.4, 0.5) is 0 Å². The Morgan fingerprint density at radius 3 is 2.13 bits per heavy atom. The molecule has 0 aliphatic carbocycles. The third-order valence-electron chi connectivity index (χ3n) is 3.34. The topological polar surface area (TPSA) is 63.3 Å². The van der Waals surface area contributed by atoms with Gasteiger partial charge in [-0.05, 0) is 23.3 Å². The van der Waals surface area contributed by atoms with Crippen molar-refractivity contribution >= 4 is 30.2 Å². The first-order valence-electron chi connectivity index (χ1n) is 6.77. The minimum absolute atomic E-state index is 0.0672. The quantitative estimate of drug-likeness (QED) is 0.672. The second-order valence-electron chi connectivity index (χ2n) is 4.89. The lowest BCUT2D eigenvalue weighted by molar-refractivity contribution is -0.136. The average Bonchev–Trinajstić information content (AvgIpc) is 3.05. The van der Waals surface area contributed by atoms with E-state index in [1.54, 1.807) is 0 Å². The van der Waals surface area contributed by atoms with Crippen LogP contribution in [0.15, 0.2) is 59.1 Å². The standard InChI is InChI=1S/C17H12ClNO3S/c18-13-7-5-11(6-8-13)10-1-3-12(4-2-10)14-9-19-16(22-14)15(23)17(20)21/h1-9,15,23H,(H,20,21). The summed E-state index contributed by atoms with van der Waals surface area (Å²) in [6.45, 7) is 0. The Kier molecular flexibility index (Phi) is 4.41. The maximum Gasteiger partial charge on any atom is 0.325 e. The van der Waals surface area contributed by atoms with Gasteiger partial charge in [-0.2, -0.15) is 12.6 Å². The highest BCUT2D eigenvalue weighted by Crippen LogP contribution is 2.28. The molecule has 6 heteroatoms. The van der Waals surface area contributed by atoms with Gasteiger partial charge in [0.15, 0.2) is 11.0 Å². The number of aliphatic carboxylic acids is 1. The van der Waals surface area contributed by atoms with Crippen LogP contribution in [0.5, 0.6) is 0 Å². The van der Waals surface area contributed by atoms with Crippen LogP contribution in [0.3, 0.4) is 0 Å². The SMILES string of the molecule is O=C(O)C(S)c1ncc(-c2ccc(-c3ccc(Cl)cc3)cc2)o1. The fourth-order valence-corrected chi connectivity index (χ4v) is 2.37. The predicted molar refractivity (Wildman–Crippen MR) is 91.7 cm³/mol. The van der Waals surface area contributed by atoms with Crippen LogP contribution in [0.1, 0.15) is 11.1 Å². The number of nitrogens with zero attached hydrogens (tertiary/aromatic N) is 1. The molecule has 0 aliphatic rings. The Morgan fingerprint density at radius 1 is 1.04 bits per heavy atom. The molecular formula is C17H12ClNO3S. The first-order valence-corrected chi connectivity index (χ1v) is 7.67. The lowest BCUT2D eigenvalue weighted by Gasteiger charge is -2.03. The summed E-state index contributed by atoms with van der Waals surface area (Å²) in [5.74, 6) is -0.527. The van der Waals surface area contributed by atoms with E-state index in [4.69, 9.17) is 21.1 Å². The number of rotatable bonds is 4. The van der Waals surface area contributed by atoms with Crippen LogP contribution >= 0.6 is 24.2 Å². The Labute approximate surface area is 143 Å². The van der Waals surface area contributed by atoms with Gasteiger partial charge in [0.2, 0.25) is 5.89 Å². The first-order chi connectivity index (χ1) is 11.0. The number of oxazole rings is 1. The monoisotopic (exact) mass is 345 g/mol. The molecule has 3 rings (SSSR count). The summed E-state index contributed by atoms with van der Waals surface area (Å²) in [6.07, 6.45) is 1.50. The van der Waals surface area contributed by atoms with Gasteiger partial charge in [-0.3, -0.25) is 4.79 Å². The number of aromatic nitrogens is 1. The molecule has 0 saturated heterocycles. The van der Waals surface area contributed by atoms with Crippen LogP contribution in [0.2, 0.25) is 5.02 Å². The third kappa shape index (κ3) is 3.41. The molecule has 3 aromatic rings. The van der Waals surface area contributed by atoms with E-state index in [2.05, 4.69) is 17.6 Å². The molecule has 0 bridgehead atoms. The normalized spacial score (nSPS) is 12.1. The maximum absolute atomic E-state index is 10.9. The van der Waals surface area contributed by atoms with Crippen LogP contribution < -0.4 is 0 Å². The summed E-state index contributed by atoms with van der Waals surface area (Å²) >= 11 is 9.83. The lowest BCUT2D eigenvalue weighted by atomic mass is 10.0. The van der Waals surface area contributed by atoms with Gasteiger partial charge in [0, 0.05) is 10.6 Å². The fraction of sp³-hybridized carbons (Fsp3) is 0.0588. The minimum atomic E-state index is -1.10. The van der Waals surface area contributed by atoms with Crippen LogP contribution in [0, 0.1) is 0 Å². The molecule has 1 aromatic heterocycles. The number of hydrogen-bond donors (Lipinski definition) is 2. The van der Waals surface area contributed by atoms with E-state index in [1.165, 1.54) is 6.20 Å². The van der Waals surface area contributed by atoms with E-state index < -0.39 is 11.2 Å². The maximum atomic E-state index is 10.9. The zero-order valence-corrected chi connectivity index (χ0v) is 13.5. The Hall–Kier alpha value is -2.24. The van der Waals surface area contributed by atoms with E-state index in [0.717, 1.165) is 16.7 Å². The largest absolute Gasteiger partial charge is 0.480 e. The number of carbonyl (C=O) groups is 1. The molecule has 0 saturated carbocycles. The van der Waals surface area contributed by atoms with Crippen molar-refractivity contribution in [3.05, 3.63) is 65.6 Å². The fourth-order valence-electron chi connectivity index (χ4n) is 2.12. The molecule has 0 spiro atoms. The van der Waals surface area contributed by atoms with Crippen molar-refractivity contribution in [2.75, 3.05) is 0 Å². The number of carboxylic acid groups (broad SMARTS) is 1. The summed E-state index contributed by atoms with van der Waals surface area (Å²) in [4.78, 5) is 14.9. The Balaban J connectivity index is 1.85. The summed E-state index contributed by atoms with van der Waals surface area (Å²) in [5.41, 5.74) is 2.91. The van der Waals surface area contributed by atoms with Crippen molar-refractivity contribution < 1.29 is 14.3 Å². The van der Waals surface area contributed by atoms with Crippen molar-refractivity contribution in [2.45, 2.75) is 5.25 Å². The lowest BCUT2D eigenvalue weighted by Crippen LogP contribution is -2.04. The molecule has 0 fully saturated rings. The predicted octanol–water partition coefficient (Wildman–Crippen LogP) is 4.72. The summed E-state index contributed by atoms with van der Waals surface area (Å²) in [6, 6.07) is 15.3. The van der Waals surface area contributed by atoms with Crippen LogP contribution in [-0.4, -0.2) is 16.1 Å². The summed E-state index contributed by atoms with van der Waals surface area (Å²) in [7, 11) is 0. The average molecular weight is 346 g/mol. The molecule has 1 N–H and O–H groups in total. The third-order valence-corrected chi connectivity index (χ3v) is 4.03. The van der Waals surface area contributed by atoms with E-state index in [0.29, 0.717) is 10.8 Å². The highest BCUT2D eigenvalue weighted by Gasteiger charge is 2.21. The van der Waals surface area contributed by atoms with Gasteiger partial charge in [0.25, 0.3) is 0 Å². The number of halogens is 1. The van der Waals surface area contributed by atoms with Crippen molar-refractivity contribution in [2.24, 2.45) is 0 Å². The number of benzene rings is 2. The molecule has 0 amide bonds. The highest BCUT2D eigenvalue weighted by molar-refractivity contribution is 7.81. The minimum Gasteiger partial charge on any atom is -0.480 e. The molecule has 1 unspecified atom stereocenters. The van der Waals surface area contributed by atoms with Gasteiger partial charge in [-0.1, -0.05) is 48.0 Å². The van der Waals surface area contributed by atoms with Gasteiger partial charge in [-0.25, -0.2) is 4.98 Å². The first kappa shape index (κ1) is 15.6. The van der Waals surface area contributed by atoms with Gasteiger partial charge < -0.3 is 9.52 Å². The van der Waals surface area contributed by atoms with E-state index >= 15 is 0 Å². The van der Waals surface area contributed by atoms with Crippen LogP contribution in [-0.2, 0) is 4.79 Å². The second kappa shape index (κ2) is 6.48. The van der Waals surface area contributed by atoms with Gasteiger partial charge in [0.1, 0.15) is 0 Å².